The highest BCUT2D eigenvalue weighted by Gasteiger charge is 2.17. The number of rotatable bonds is 2. The van der Waals surface area contributed by atoms with Crippen LogP contribution < -0.4 is 4.90 Å². The molecule has 1 nitrogen and oxygen atoms in total. The van der Waals surface area contributed by atoms with Gasteiger partial charge in [-0.3, -0.25) is 0 Å². The van der Waals surface area contributed by atoms with Crippen molar-refractivity contribution < 1.29 is 0 Å². The van der Waals surface area contributed by atoms with Crippen LogP contribution in [0, 0.1) is 5.92 Å². The van der Waals surface area contributed by atoms with Gasteiger partial charge in [0.2, 0.25) is 0 Å². The number of benzene rings is 1. The zero-order valence-corrected chi connectivity index (χ0v) is 8.95. The molecule has 0 aliphatic carbocycles. The third kappa shape index (κ3) is 2.09. The second-order valence-electron chi connectivity index (χ2n) is 4.20. The fourth-order valence-corrected chi connectivity index (χ4v) is 2.27. The summed E-state index contributed by atoms with van der Waals surface area (Å²) in [5.74, 6) is 0.906. The standard InChI is InChI=1S/C13H19N/c1-2-12-7-6-10-14(11-12)13-8-4-3-5-9-13/h3-5,8-9,12H,2,6-7,10-11H2,1H3. The summed E-state index contributed by atoms with van der Waals surface area (Å²) in [4.78, 5) is 2.53. The Balaban J connectivity index is 2.04. The van der Waals surface area contributed by atoms with Gasteiger partial charge in [0.05, 0.1) is 0 Å². The zero-order valence-electron chi connectivity index (χ0n) is 8.95. The predicted octanol–water partition coefficient (Wildman–Crippen LogP) is 3.31. The van der Waals surface area contributed by atoms with Gasteiger partial charge in [-0.15, -0.1) is 0 Å². The van der Waals surface area contributed by atoms with Crippen LogP contribution in [0.25, 0.3) is 0 Å². The summed E-state index contributed by atoms with van der Waals surface area (Å²) < 4.78 is 0. The molecule has 1 unspecified atom stereocenters. The van der Waals surface area contributed by atoms with Crippen LogP contribution in [0.3, 0.4) is 0 Å². The molecule has 1 saturated heterocycles. The fourth-order valence-electron chi connectivity index (χ4n) is 2.27. The Bertz CT molecular complexity index is 268. The summed E-state index contributed by atoms with van der Waals surface area (Å²) in [7, 11) is 0. The Morgan fingerprint density at radius 2 is 2.07 bits per heavy atom. The minimum Gasteiger partial charge on any atom is -0.371 e. The number of hydrogen-bond donors (Lipinski definition) is 0. The van der Waals surface area contributed by atoms with Crippen LogP contribution >= 0.6 is 0 Å². The summed E-state index contributed by atoms with van der Waals surface area (Å²) in [5, 5.41) is 0. The lowest BCUT2D eigenvalue weighted by atomic mass is 9.95. The molecule has 0 amide bonds. The maximum Gasteiger partial charge on any atom is 0.0366 e. The highest BCUT2D eigenvalue weighted by atomic mass is 15.1. The van der Waals surface area contributed by atoms with Gasteiger partial charge < -0.3 is 4.90 Å². The molecule has 1 atom stereocenters. The zero-order chi connectivity index (χ0) is 9.80. The number of hydrogen-bond acceptors (Lipinski definition) is 1. The second-order valence-corrected chi connectivity index (χ2v) is 4.20. The monoisotopic (exact) mass is 189 g/mol. The molecule has 0 spiro atoms. The van der Waals surface area contributed by atoms with Crippen molar-refractivity contribution >= 4 is 5.69 Å². The van der Waals surface area contributed by atoms with E-state index in [-0.39, 0.29) is 0 Å². The number of nitrogens with zero attached hydrogens (tertiary/aromatic N) is 1. The van der Waals surface area contributed by atoms with Crippen LogP contribution in [-0.4, -0.2) is 13.1 Å². The van der Waals surface area contributed by atoms with E-state index in [0.29, 0.717) is 0 Å². The van der Waals surface area contributed by atoms with Crippen molar-refractivity contribution in [2.45, 2.75) is 26.2 Å². The molecule has 0 aromatic heterocycles. The Hall–Kier alpha value is -0.980. The van der Waals surface area contributed by atoms with Crippen LogP contribution in [0.1, 0.15) is 26.2 Å². The molecular weight excluding hydrogens is 170 g/mol. The van der Waals surface area contributed by atoms with Gasteiger partial charge in [-0.05, 0) is 30.9 Å². The van der Waals surface area contributed by atoms with Crippen molar-refractivity contribution in [3.05, 3.63) is 30.3 Å². The number of anilines is 1. The van der Waals surface area contributed by atoms with Gasteiger partial charge in [-0.25, -0.2) is 0 Å². The summed E-state index contributed by atoms with van der Waals surface area (Å²) in [5.41, 5.74) is 1.39. The van der Waals surface area contributed by atoms with Crippen molar-refractivity contribution in [3.8, 4) is 0 Å². The highest BCUT2D eigenvalue weighted by Crippen LogP contribution is 2.24. The predicted molar refractivity (Wildman–Crippen MR) is 61.7 cm³/mol. The fraction of sp³-hybridized carbons (Fsp3) is 0.538. The second kappa shape index (κ2) is 4.50. The molecule has 1 aromatic rings. The molecule has 0 saturated carbocycles. The molecule has 1 heteroatoms. The number of piperidine rings is 1. The Kier molecular flexibility index (Phi) is 3.07. The average molecular weight is 189 g/mol. The van der Waals surface area contributed by atoms with Gasteiger partial charge in [0.15, 0.2) is 0 Å². The SMILES string of the molecule is CCC1CCCN(c2ccccc2)C1. The van der Waals surface area contributed by atoms with Crippen LogP contribution in [0.5, 0.6) is 0 Å². The smallest absolute Gasteiger partial charge is 0.0366 e. The quantitative estimate of drug-likeness (QED) is 0.690. The third-order valence-corrected chi connectivity index (χ3v) is 3.22. The molecule has 1 aliphatic rings. The molecule has 1 fully saturated rings. The maximum atomic E-state index is 2.53. The summed E-state index contributed by atoms with van der Waals surface area (Å²) in [6.07, 6.45) is 4.09. The van der Waals surface area contributed by atoms with E-state index >= 15 is 0 Å². The van der Waals surface area contributed by atoms with Crippen molar-refractivity contribution in [2.75, 3.05) is 18.0 Å². The van der Waals surface area contributed by atoms with Crippen molar-refractivity contribution in [1.82, 2.24) is 0 Å². The van der Waals surface area contributed by atoms with E-state index in [9.17, 15) is 0 Å². The van der Waals surface area contributed by atoms with Gasteiger partial charge >= 0.3 is 0 Å². The molecule has 1 aliphatic heterocycles. The highest BCUT2D eigenvalue weighted by molar-refractivity contribution is 5.46. The van der Waals surface area contributed by atoms with E-state index in [2.05, 4.69) is 42.2 Å². The van der Waals surface area contributed by atoms with E-state index < -0.39 is 0 Å². The minimum atomic E-state index is 0.906. The van der Waals surface area contributed by atoms with Crippen molar-refractivity contribution in [1.29, 1.82) is 0 Å². The van der Waals surface area contributed by atoms with Gasteiger partial charge in [0, 0.05) is 18.8 Å². The summed E-state index contributed by atoms with van der Waals surface area (Å²) in [6, 6.07) is 10.8. The van der Waals surface area contributed by atoms with Gasteiger partial charge in [-0.1, -0.05) is 31.5 Å². The topological polar surface area (TPSA) is 3.24 Å². The first kappa shape index (κ1) is 9.57. The summed E-state index contributed by atoms with van der Waals surface area (Å²) in [6.45, 7) is 4.79. The van der Waals surface area contributed by atoms with Crippen molar-refractivity contribution in [2.24, 2.45) is 5.92 Å². The van der Waals surface area contributed by atoms with Gasteiger partial charge in [0.25, 0.3) is 0 Å². The maximum absolute atomic E-state index is 2.53. The lowest BCUT2D eigenvalue weighted by Crippen LogP contribution is -2.35. The first-order valence-electron chi connectivity index (χ1n) is 5.70. The molecule has 0 radical (unpaired) electrons. The Labute approximate surface area is 86.7 Å². The average Bonchev–Trinajstić information content (AvgIpc) is 2.30. The van der Waals surface area contributed by atoms with Gasteiger partial charge in [0.1, 0.15) is 0 Å². The number of para-hydroxylation sites is 1. The van der Waals surface area contributed by atoms with E-state index in [1.165, 1.54) is 38.0 Å². The largest absolute Gasteiger partial charge is 0.371 e. The molecule has 76 valence electrons. The third-order valence-electron chi connectivity index (χ3n) is 3.22. The molecule has 14 heavy (non-hydrogen) atoms. The molecule has 2 rings (SSSR count). The lowest BCUT2D eigenvalue weighted by Gasteiger charge is -2.34. The molecule has 0 bridgehead atoms. The van der Waals surface area contributed by atoms with Gasteiger partial charge in [-0.2, -0.15) is 0 Å². The van der Waals surface area contributed by atoms with Crippen molar-refractivity contribution in [3.63, 3.8) is 0 Å². The van der Waals surface area contributed by atoms with E-state index in [0.717, 1.165) is 5.92 Å². The molecule has 0 N–H and O–H groups in total. The van der Waals surface area contributed by atoms with Crippen LogP contribution in [0.15, 0.2) is 30.3 Å². The molecule has 1 aromatic carbocycles. The summed E-state index contributed by atoms with van der Waals surface area (Å²) >= 11 is 0. The molecular formula is C13H19N. The Morgan fingerprint density at radius 1 is 1.29 bits per heavy atom. The van der Waals surface area contributed by atoms with Crippen LogP contribution in [0.4, 0.5) is 5.69 Å². The van der Waals surface area contributed by atoms with Crippen LogP contribution in [0.2, 0.25) is 0 Å². The first-order chi connectivity index (χ1) is 6.90. The Morgan fingerprint density at radius 3 is 2.79 bits per heavy atom. The normalized spacial score (nSPS) is 22.4. The van der Waals surface area contributed by atoms with E-state index in [4.69, 9.17) is 0 Å². The minimum absolute atomic E-state index is 0.906. The first-order valence-corrected chi connectivity index (χ1v) is 5.70. The lowest BCUT2D eigenvalue weighted by molar-refractivity contribution is 0.405. The molecule has 1 heterocycles. The van der Waals surface area contributed by atoms with E-state index in [1.54, 1.807) is 0 Å². The van der Waals surface area contributed by atoms with Crippen LogP contribution in [-0.2, 0) is 0 Å². The van der Waals surface area contributed by atoms with E-state index in [1.807, 2.05) is 0 Å².